The standard InChI is InChI=1S/C17H19N5O2/c1-11-6-7-13-12(10-11)18-16(23)15-14(19-20-22(13)15)17(24)21-8-4-2-3-5-9-21/h6-7,10H,2-5,8-9H2,1H3,(H,18,23). The SMILES string of the molecule is Cc1ccc2c(c1)[nH]c(=O)c1c(C(=O)N3CCCCCC3)nnn12. The minimum Gasteiger partial charge on any atom is -0.337 e. The van der Waals surface area contributed by atoms with Crippen molar-refractivity contribution in [1.82, 2.24) is 24.7 Å². The van der Waals surface area contributed by atoms with Gasteiger partial charge in [0.25, 0.3) is 11.5 Å². The Kier molecular flexibility index (Phi) is 3.55. The molecular formula is C17H19N5O2. The molecule has 1 aromatic carbocycles. The van der Waals surface area contributed by atoms with Gasteiger partial charge in [-0.2, -0.15) is 0 Å². The fourth-order valence-electron chi connectivity index (χ4n) is 3.34. The molecule has 4 rings (SSSR count). The van der Waals surface area contributed by atoms with E-state index in [0.717, 1.165) is 36.8 Å². The summed E-state index contributed by atoms with van der Waals surface area (Å²) >= 11 is 0. The lowest BCUT2D eigenvalue weighted by Gasteiger charge is -2.18. The molecule has 7 heteroatoms. The Hall–Kier alpha value is -2.70. The van der Waals surface area contributed by atoms with Gasteiger partial charge in [0.15, 0.2) is 11.2 Å². The zero-order chi connectivity index (χ0) is 16.7. The molecule has 0 atom stereocenters. The minimum atomic E-state index is -0.337. The van der Waals surface area contributed by atoms with Gasteiger partial charge in [-0.1, -0.05) is 24.1 Å². The Morgan fingerprint density at radius 1 is 1.17 bits per heavy atom. The van der Waals surface area contributed by atoms with Gasteiger partial charge >= 0.3 is 0 Å². The Labute approximate surface area is 138 Å². The topological polar surface area (TPSA) is 83.4 Å². The molecule has 1 fully saturated rings. The molecule has 3 heterocycles. The maximum absolute atomic E-state index is 12.8. The highest BCUT2D eigenvalue weighted by Gasteiger charge is 2.25. The van der Waals surface area contributed by atoms with Gasteiger partial charge in [-0.3, -0.25) is 9.59 Å². The monoisotopic (exact) mass is 325 g/mol. The number of carbonyl (C=O) groups excluding carboxylic acids is 1. The van der Waals surface area contributed by atoms with Gasteiger partial charge < -0.3 is 9.88 Å². The number of nitrogens with one attached hydrogen (secondary N) is 1. The van der Waals surface area contributed by atoms with Crippen LogP contribution in [0.4, 0.5) is 0 Å². The molecule has 1 aliphatic heterocycles. The third-order valence-electron chi connectivity index (χ3n) is 4.61. The molecule has 0 saturated carbocycles. The van der Waals surface area contributed by atoms with Crippen LogP contribution in [0.5, 0.6) is 0 Å². The van der Waals surface area contributed by atoms with E-state index in [1.807, 2.05) is 25.1 Å². The van der Waals surface area contributed by atoms with Gasteiger partial charge in [0.2, 0.25) is 0 Å². The molecule has 124 valence electrons. The number of likely N-dealkylation sites (tertiary alicyclic amines) is 1. The summed E-state index contributed by atoms with van der Waals surface area (Å²) < 4.78 is 1.47. The summed E-state index contributed by atoms with van der Waals surface area (Å²) in [6, 6.07) is 5.70. The Bertz CT molecular complexity index is 980. The number of benzene rings is 1. The number of aryl methyl sites for hydroxylation is 1. The van der Waals surface area contributed by atoms with Crippen LogP contribution < -0.4 is 5.56 Å². The quantitative estimate of drug-likeness (QED) is 0.740. The van der Waals surface area contributed by atoms with Crippen molar-refractivity contribution in [3.8, 4) is 0 Å². The predicted octanol–water partition coefficient (Wildman–Crippen LogP) is 1.90. The van der Waals surface area contributed by atoms with Gasteiger partial charge in [-0.25, -0.2) is 4.52 Å². The maximum atomic E-state index is 12.8. The van der Waals surface area contributed by atoms with E-state index < -0.39 is 0 Å². The Morgan fingerprint density at radius 2 is 1.92 bits per heavy atom. The zero-order valence-corrected chi connectivity index (χ0v) is 13.6. The van der Waals surface area contributed by atoms with Crippen molar-refractivity contribution < 1.29 is 4.79 Å². The van der Waals surface area contributed by atoms with Crippen LogP contribution in [0.2, 0.25) is 0 Å². The second-order valence-corrected chi connectivity index (χ2v) is 6.38. The number of aromatic nitrogens is 4. The maximum Gasteiger partial charge on any atom is 0.277 e. The third-order valence-corrected chi connectivity index (χ3v) is 4.61. The molecule has 0 unspecified atom stereocenters. The van der Waals surface area contributed by atoms with Crippen molar-refractivity contribution in [2.45, 2.75) is 32.6 Å². The van der Waals surface area contributed by atoms with Crippen molar-refractivity contribution in [2.75, 3.05) is 13.1 Å². The van der Waals surface area contributed by atoms with Crippen LogP contribution in [0.25, 0.3) is 16.6 Å². The van der Waals surface area contributed by atoms with Crippen molar-refractivity contribution in [3.63, 3.8) is 0 Å². The van der Waals surface area contributed by atoms with Gasteiger partial charge in [-0.05, 0) is 37.5 Å². The highest BCUT2D eigenvalue weighted by atomic mass is 16.2. The van der Waals surface area contributed by atoms with E-state index in [0.29, 0.717) is 18.6 Å². The van der Waals surface area contributed by atoms with E-state index in [-0.39, 0.29) is 22.7 Å². The molecule has 1 aliphatic rings. The van der Waals surface area contributed by atoms with E-state index in [2.05, 4.69) is 15.3 Å². The van der Waals surface area contributed by atoms with Gasteiger partial charge in [0.05, 0.1) is 11.0 Å². The summed E-state index contributed by atoms with van der Waals surface area (Å²) in [7, 11) is 0. The highest BCUT2D eigenvalue weighted by molar-refractivity contribution is 5.99. The first-order valence-electron chi connectivity index (χ1n) is 8.32. The lowest BCUT2D eigenvalue weighted by Crippen LogP contribution is -2.33. The fourth-order valence-corrected chi connectivity index (χ4v) is 3.34. The summed E-state index contributed by atoms with van der Waals surface area (Å²) in [5.41, 5.74) is 2.49. The number of hydrogen-bond acceptors (Lipinski definition) is 4. The molecule has 2 aromatic heterocycles. The highest BCUT2D eigenvalue weighted by Crippen LogP contribution is 2.17. The fraction of sp³-hybridized carbons (Fsp3) is 0.412. The second-order valence-electron chi connectivity index (χ2n) is 6.38. The number of hydrogen-bond donors (Lipinski definition) is 1. The number of carbonyl (C=O) groups is 1. The van der Waals surface area contributed by atoms with Gasteiger partial charge in [-0.15, -0.1) is 5.10 Å². The van der Waals surface area contributed by atoms with E-state index in [4.69, 9.17) is 0 Å². The van der Waals surface area contributed by atoms with Crippen LogP contribution in [0, 0.1) is 6.92 Å². The Balaban J connectivity index is 1.86. The summed E-state index contributed by atoms with van der Waals surface area (Å²) in [6.45, 7) is 3.38. The van der Waals surface area contributed by atoms with Crippen molar-refractivity contribution >= 4 is 22.5 Å². The number of H-pyrrole nitrogens is 1. The predicted molar refractivity (Wildman–Crippen MR) is 90.2 cm³/mol. The summed E-state index contributed by atoms with van der Waals surface area (Å²) in [4.78, 5) is 30.0. The smallest absolute Gasteiger partial charge is 0.277 e. The molecule has 0 bridgehead atoms. The summed E-state index contributed by atoms with van der Waals surface area (Å²) in [6.07, 6.45) is 4.25. The van der Waals surface area contributed by atoms with Crippen molar-refractivity contribution in [3.05, 3.63) is 39.8 Å². The van der Waals surface area contributed by atoms with Gasteiger partial charge in [0, 0.05) is 13.1 Å². The molecular weight excluding hydrogens is 306 g/mol. The normalized spacial score (nSPS) is 15.8. The molecule has 0 spiro atoms. The van der Waals surface area contributed by atoms with Crippen LogP contribution in [-0.2, 0) is 0 Å². The second kappa shape index (κ2) is 5.74. The van der Waals surface area contributed by atoms with E-state index in [9.17, 15) is 9.59 Å². The van der Waals surface area contributed by atoms with Crippen LogP contribution in [0.15, 0.2) is 23.0 Å². The third kappa shape index (κ3) is 2.36. The van der Waals surface area contributed by atoms with Gasteiger partial charge in [0.1, 0.15) is 0 Å². The summed E-state index contributed by atoms with van der Waals surface area (Å²) in [5, 5.41) is 8.11. The molecule has 1 amide bonds. The van der Waals surface area contributed by atoms with E-state index >= 15 is 0 Å². The number of fused-ring (bicyclic) bond motifs is 3. The van der Waals surface area contributed by atoms with Crippen LogP contribution in [0.1, 0.15) is 41.7 Å². The molecule has 24 heavy (non-hydrogen) atoms. The molecule has 0 aliphatic carbocycles. The van der Waals surface area contributed by atoms with E-state index in [1.165, 1.54) is 4.52 Å². The number of rotatable bonds is 1. The lowest BCUT2D eigenvalue weighted by atomic mass is 10.2. The summed E-state index contributed by atoms with van der Waals surface area (Å²) in [5.74, 6) is -0.205. The van der Waals surface area contributed by atoms with Crippen LogP contribution >= 0.6 is 0 Å². The average molecular weight is 325 g/mol. The average Bonchev–Trinajstić information content (AvgIpc) is 2.83. The minimum absolute atomic E-state index is 0.139. The first kappa shape index (κ1) is 14.9. The molecule has 1 saturated heterocycles. The van der Waals surface area contributed by atoms with Crippen molar-refractivity contribution in [2.24, 2.45) is 0 Å². The number of aromatic amines is 1. The molecule has 1 N–H and O–H groups in total. The first-order chi connectivity index (χ1) is 11.6. The van der Waals surface area contributed by atoms with Crippen LogP contribution in [-0.4, -0.2) is 43.7 Å². The molecule has 3 aromatic rings. The molecule has 0 radical (unpaired) electrons. The van der Waals surface area contributed by atoms with E-state index in [1.54, 1.807) is 4.90 Å². The largest absolute Gasteiger partial charge is 0.337 e. The zero-order valence-electron chi connectivity index (χ0n) is 13.6. The lowest BCUT2D eigenvalue weighted by molar-refractivity contribution is 0.0757. The molecule has 7 nitrogen and oxygen atoms in total. The number of nitrogens with zero attached hydrogens (tertiary/aromatic N) is 4. The van der Waals surface area contributed by atoms with Crippen LogP contribution in [0.3, 0.4) is 0 Å². The first-order valence-corrected chi connectivity index (χ1v) is 8.32. The number of amides is 1. The Morgan fingerprint density at radius 3 is 2.67 bits per heavy atom. The van der Waals surface area contributed by atoms with Crippen molar-refractivity contribution in [1.29, 1.82) is 0 Å².